The van der Waals surface area contributed by atoms with E-state index in [9.17, 15) is 4.79 Å². The Morgan fingerprint density at radius 2 is 1.88 bits per heavy atom. The smallest absolute Gasteiger partial charge is 0.220 e. The number of carbonyl (C=O) groups is 1. The summed E-state index contributed by atoms with van der Waals surface area (Å²) in [6.45, 7) is 0.495. The number of fused-ring (bicyclic) bond motifs is 1. The molecule has 1 heterocycles. The van der Waals surface area contributed by atoms with Crippen molar-refractivity contribution in [1.29, 1.82) is 0 Å². The Labute approximate surface area is 154 Å². The van der Waals surface area contributed by atoms with E-state index in [1.807, 2.05) is 38.4 Å². The van der Waals surface area contributed by atoms with Gasteiger partial charge < -0.3 is 19.9 Å². The highest BCUT2D eigenvalue weighted by Gasteiger charge is 2.06. The van der Waals surface area contributed by atoms with Crippen molar-refractivity contribution in [2.45, 2.75) is 19.4 Å². The van der Waals surface area contributed by atoms with Gasteiger partial charge in [-0.2, -0.15) is 0 Å². The third kappa shape index (κ3) is 4.36. The maximum Gasteiger partial charge on any atom is 0.220 e. The first-order valence-electron chi connectivity index (χ1n) is 8.74. The Morgan fingerprint density at radius 1 is 1.12 bits per heavy atom. The van der Waals surface area contributed by atoms with Crippen LogP contribution in [0.25, 0.3) is 10.9 Å². The molecule has 1 aromatic heterocycles. The van der Waals surface area contributed by atoms with E-state index in [0.717, 1.165) is 34.5 Å². The fraction of sp³-hybridized carbons (Fsp3) is 0.286. The molecule has 136 valence electrons. The molecule has 26 heavy (non-hydrogen) atoms. The van der Waals surface area contributed by atoms with Crippen LogP contribution < -0.4 is 15.0 Å². The molecule has 3 rings (SSSR count). The summed E-state index contributed by atoms with van der Waals surface area (Å²) in [5.41, 5.74) is 4.35. The molecule has 0 aliphatic heterocycles. The molecule has 0 saturated heterocycles. The van der Waals surface area contributed by atoms with E-state index in [1.165, 1.54) is 5.56 Å². The van der Waals surface area contributed by atoms with Crippen molar-refractivity contribution in [2.75, 3.05) is 26.1 Å². The van der Waals surface area contributed by atoms with Crippen LogP contribution in [0.4, 0.5) is 5.69 Å². The van der Waals surface area contributed by atoms with Crippen molar-refractivity contribution in [3.05, 3.63) is 59.8 Å². The van der Waals surface area contributed by atoms with E-state index in [1.54, 1.807) is 7.11 Å². The number of aromatic amines is 1. The normalized spacial score (nSPS) is 10.7. The summed E-state index contributed by atoms with van der Waals surface area (Å²) in [5.74, 6) is 0.880. The number of anilines is 1. The van der Waals surface area contributed by atoms with Gasteiger partial charge in [0.15, 0.2) is 0 Å². The van der Waals surface area contributed by atoms with Crippen LogP contribution in [0.5, 0.6) is 5.75 Å². The van der Waals surface area contributed by atoms with Crippen molar-refractivity contribution in [3.8, 4) is 5.75 Å². The van der Waals surface area contributed by atoms with Gasteiger partial charge in [0.25, 0.3) is 0 Å². The molecule has 2 aromatic carbocycles. The number of benzene rings is 2. The molecule has 2 N–H and O–H groups in total. The predicted octanol–water partition coefficient (Wildman–Crippen LogP) is 3.49. The Balaban J connectivity index is 1.50. The Morgan fingerprint density at radius 3 is 2.58 bits per heavy atom. The molecular formula is C21H25N3O2. The first-order chi connectivity index (χ1) is 12.5. The number of carbonyl (C=O) groups excluding carboxylic acids is 1. The van der Waals surface area contributed by atoms with Gasteiger partial charge in [-0.05, 0) is 48.4 Å². The largest absolute Gasteiger partial charge is 0.497 e. The number of H-pyrrole nitrogens is 1. The number of nitrogens with zero attached hydrogens (tertiary/aromatic N) is 1. The second kappa shape index (κ2) is 7.95. The topological polar surface area (TPSA) is 57.4 Å². The summed E-state index contributed by atoms with van der Waals surface area (Å²) in [4.78, 5) is 17.5. The van der Waals surface area contributed by atoms with Crippen LogP contribution in [0.3, 0.4) is 0 Å². The van der Waals surface area contributed by atoms with Crippen LogP contribution in [-0.4, -0.2) is 32.1 Å². The molecular weight excluding hydrogens is 326 g/mol. The average Bonchev–Trinajstić information content (AvgIpc) is 3.07. The monoisotopic (exact) mass is 351 g/mol. The van der Waals surface area contributed by atoms with Gasteiger partial charge in [-0.25, -0.2) is 0 Å². The fourth-order valence-corrected chi connectivity index (χ4v) is 2.89. The van der Waals surface area contributed by atoms with Crippen molar-refractivity contribution in [2.24, 2.45) is 0 Å². The van der Waals surface area contributed by atoms with E-state index in [0.29, 0.717) is 13.0 Å². The summed E-state index contributed by atoms with van der Waals surface area (Å²) in [6.07, 6.45) is 1.22. The molecule has 5 heteroatoms. The van der Waals surface area contributed by atoms with Gasteiger partial charge in [-0.15, -0.1) is 0 Å². The van der Waals surface area contributed by atoms with Crippen LogP contribution in [-0.2, 0) is 17.8 Å². The molecule has 0 aliphatic carbocycles. The van der Waals surface area contributed by atoms with Gasteiger partial charge in [-0.1, -0.05) is 12.1 Å². The minimum Gasteiger partial charge on any atom is -0.497 e. The standard InChI is InChI=1S/C21H25N3O2/c1-24(2)18-7-4-15(5-8-18)6-11-21(25)22-14-17-12-16-13-19(26-3)9-10-20(16)23-17/h4-5,7-10,12-13,23H,6,11,14H2,1-3H3,(H,22,25). The minimum absolute atomic E-state index is 0.0536. The van der Waals surface area contributed by atoms with Gasteiger partial charge >= 0.3 is 0 Å². The fourth-order valence-electron chi connectivity index (χ4n) is 2.89. The number of methoxy groups -OCH3 is 1. The van der Waals surface area contributed by atoms with E-state index >= 15 is 0 Å². The van der Waals surface area contributed by atoms with Gasteiger partial charge in [0.05, 0.1) is 13.7 Å². The lowest BCUT2D eigenvalue weighted by molar-refractivity contribution is -0.121. The molecule has 0 spiro atoms. The zero-order valence-corrected chi connectivity index (χ0v) is 15.5. The van der Waals surface area contributed by atoms with E-state index in [2.05, 4.69) is 39.5 Å². The molecule has 0 bridgehead atoms. The molecule has 1 amide bonds. The lowest BCUT2D eigenvalue weighted by Gasteiger charge is -2.12. The molecule has 5 nitrogen and oxygen atoms in total. The van der Waals surface area contributed by atoms with Crippen molar-refractivity contribution in [1.82, 2.24) is 10.3 Å². The summed E-state index contributed by atoms with van der Waals surface area (Å²) in [5, 5.41) is 4.06. The number of hydrogen-bond donors (Lipinski definition) is 2. The van der Waals surface area contributed by atoms with Crippen LogP contribution in [0, 0.1) is 0 Å². The zero-order chi connectivity index (χ0) is 18.5. The van der Waals surface area contributed by atoms with Crippen molar-refractivity contribution in [3.63, 3.8) is 0 Å². The van der Waals surface area contributed by atoms with Crippen molar-refractivity contribution >= 4 is 22.5 Å². The highest BCUT2D eigenvalue weighted by atomic mass is 16.5. The van der Waals surface area contributed by atoms with E-state index in [4.69, 9.17) is 4.74 Å². The van der Waals surface area contributed by atoms with Crippen LogP contribution in [0.2, 0.25) is 0 Å². The van der Waals surface area contributed by atoms with Crippen LogP contribution >= 0.6 is 0 Å². The van der Waals surface area contributed by atoms with E-state index < -0.39 is 0 Å². The van der Waals surface area contributed by atoms with Crippen LogP contribution in [0.15, 0.2) is 48.5 Å². The molecule has 0 atom stereocenters. The maximum absolute atomic E-state index is 12.1. The maximum atomic E-state index is 12.1. The van der Waals surface area contributed by atoms with Gasteiger partial charge in [0.2, 0.25) is 5.91 Å². The summed E-state index contributed by atoms with van der Waals surface area (Å²) >= 11 is 0. The lowest BCUT2D eigenvalue weighted by atomic mass is 10.1. The van der Waals surface area contributed by atoms with Gasteiger partial charge in [0, 0.05) is 42.8 Å². The first-order valence-corrected chi connectivity index (χ1v) is 8.74. The lowest BCUT2D eigenvalue weighted by Crippen LogP contribution is -2.23. The summed E-state index contributed by atoms with van der Waals surface area (Å²) in [6, 6.07) is 16.2. The van der Waals surface area contributed by atoms with Gasteiger partial charge in [0.1, 0.15) is 5.75 Å². The summed E-state index contributed by atoms with van der Waals surface area (Å²) < 4.78 is 5.24. The molecule has 0 radical (unpaired) electrons. The minimum atomic E-state index is 0.0536. The quantitative estimate of drug-likeness (QED) is 0.685. The van der Waals surface area contributed by atoms with Crippen LogP contribution in [0.1, 0.15) is 17.7 Å². The number of aryl methyl sites for hydroxylation is 1. The summed E-state index contributed by atoms with van der Waals surface area (Å²) in [7, 11) is 5.69. The highest BCUT2D eigenvalue weighted by Crippen LogP contribution is 2.21. The second-order valence-electron chi connectivity index (χ2n) is 6.59. The van der Waals surface area contributed by atoms with E-state index in [-0.39, 0.29) is 5.91 Å². The SMILES string of the molecule is COc1ccc2[nH]c(CNC(=O)CCc3ccc(N(C)C)cc3)cc2c1. The number of aromatic nitrogens is 1. The predicted molar refractivity (Wildman–Crippen MR) is 106 cm³/mol. The number of rotatable bonds is 7. The number of ether oxygens (including phenoxy) is 1. The highest BCUT2D eigenvalue weighted by molar-refractivity contribution is 5.82. The Kier molecular flexibility index (Phi) is 5.46. The number of hydrogen-bond acceptors (Lipinski definition) is 3. The number of nitrogens with one attached hydrogen (secondary N) is 2. The molecule has 0 unspecified atom stereocenters. The third-order valence-electron chi connectivity index (χ3n) is 4.45. The molecule has 0 aliphatic rings. The zero-order valence-electron chi connectivity index (χ0n) is 15.5. The Hall–Kier alpha value is -2.95. The average molecular weight is 351 g/mol. The van der Waals surface area contributed by atoms with Gasteiger partial charge in [-0.3, -0.25) is 4.79 Å². The molecule has 0 fully saturated rings. The molecule has 3 aromatic rings. The molecule has 0 saturated carbocycles. The second-order valence-corrected chi connectivity index (χ2v) is 6.59. The first kappa shape index (κ1) is 17.9. The Bertz CT molecular complexity index is 882. The number of amides is 1. The van der Waals surface area contributed by atoms with Crippen molar-refractivity contribution < 1.29 is 9.53 Å². The third-order valence-corrected chi connectivity index (χ3v) is 4.45.